The van der Waals surface area contributed by atoms with Gasteiger partial charge in [0.1, 0.15) is 0 Å². The van der Waals surface area contributed by atoms with Crippen LogP contribution in [0, 0.1) is 5.41 Å². The number of rotatable bonds is 9. The number of likely N-dealkylation sites (tertiary alicyclic amines) is 1. The van der Waals surface area contributed by atoms with E-state index in [4.69, 9.17) is 0 Å². The van der Waals surface area contributed by atoms with Crippen molar-refractivity contribution < 1.29 is 4.39 Å². The Labute approximate surface area is 186 Å². The molecule has 0 saturated carbocycles. The lowest BCUT2D eigenvalue weighted by molar-refractivity contribution is 0.103. The molecule has 2 nitrogen and oxygen atoms in total. The summed E-state index contributed by atoms with van der Waals surface area (Å²) in [5, 5.41) is 0. The Morgan fingerprint density at radius 2 is 1.35 bits per heavy atom. The van der Waals surface area contributed by atoms with Gasteiger partial charge < -0.3 is 0 Å². The first kappa shape index (κ1) is 21.7. The summed E-state index contributed by atoms with van der Waals surface area (Å²) in [4.78, 5) is 4.89. The van der Waals surface area contributed by atoms with Gasteiger partial charge in [0.15, 0.2) is 0 Å². The van der Waals surface area contributed by atoms with Gasteiger partial charge in [-0.3, -0.25) is 14.2 Å². The summed E-state index contributed by atoms with van der Waals surface area (Å²) in [6.07, 6.45) is 0.904. The first-order valence-electron chi connectivity index (χ1n) is 11.3. The minimum Gasteiger partial charge on any atom is -0.296 e. The van der Waals surface area contributed by atoms with Crippen LogP contribution < -0.4 is 0 Å². The average Bonchev–Trinajstić information content (AvgIpc) is 3.25. The summed E-state index contributed by atoms with van der Waals surface area (Å²) < 4.78 is 14.6. The van der Waals surface area contributed by atoms with Crippen LogP contribution in [0.25, 0.3) is 0 Å². The highest BCUT2D eigenvalue weighted by Crippen LogP contribution is 2.37. The molecule has 0 spiro atoms. The van der Waals surface area contributed by atoms with Crippen molar-refractivity contribution >= 4 is 0 Å². The minimum atomic E-state index is -0.313. The molecule has 0 aliphatic carbocycles. The molecular weight excluding hydrogens is 383 g/mol. The van der Waals surface area contributed by atoms with Crippen LogP contribution in [0.1, 0.15) is 36.1 Å². The monoisotopic (exact) mass is 416 g/mol. The summed E-state index contributed by atoms with van der Waals surface area (Å²) in [6.45, 7) is 6.17. The largest absolute Gasteiger partial charge is 0.296 e. The maximum absolute atomic E-state index is 14.6. The zero-order valence-corrected chi connectivity index (χ0v) is 18.5. The van der Waals surface area contributed by atoms with Gasteiger partial charge in [-0.2, -0.15) is 0 Å². The third kappa shape index (κ3) is 5.61. The fraction of sp³-hybridized carbons (Fsp3) is 0.357. The third-order valence-corrected chi connectivity index (χ3v) is 6.64. The summed E-state index contributed by atoms with van der Waals surface area (Å²) >= 11 is 0. The summed E-state index contributed by atoms with van der Waals surface area (Å²) in [7, 11) is 0. The van der Waals surface area contributed by atoms with Gasteiger partial charge in [-0.1, -0.05) is 91.0 Å². The Morgan fingerprint density at radius 3 is 1.87 bits per heavy atom. The van der Waals surface area contributed by atoms with E-state index in [9.17, 15) is 4.39 Å². The van der Waals surface area contributed by atoms with Crippen molar-refractivity contribution in [1.29, 1.82) is 0 Å². The fourth-order valence-corrected chi connectivity index (χ4v) is 4.85. The van der Waals surface area contributed by atoms with Crippen LogP contribution in [0.3, 0.4) is 0 Å². The van der Waals surface area contributed by atoms with E-state index in [1.165, 1.54) is 16.7 Å². The number of benzene rings is 3. The van der Waals surface area contributed by atoms with Gasteiger partial charge >= 0.3 is 0 Å². The molecule has 0 unspecified atom stereocenters. The van der Waals surface area contributed by atoms with E-state index in [1.807, 2.05) is 12.1 Å². The summed E-state index contributed by atoms with van der Waals surface area (Å²) in [5.74, 6) is 0. The Balaban J connectivity index is 1.50. The zero-order valence-electron chi connectivity index (χ0n) is 18.5. The second-order valence-corrected chi connectivity index (χ2v) is 9.06. The standard InChI is InChI=1S/C28H33FN2/c1-24(27-15-9-4-10-16-27)31-18-17-28(21-29,23-31)22-30(19-25-11-5-2-6-12-25)20-26-13-7-3-8-14-26/h2-16,24H,17-23H2,1H3/t24-,28-/m0/s1. The average molecular weight is 417 g/mol. The van der Waals surface area contributed by atoms with Crippen LogP contribution in [-0.2, 0) is 13.1 Å². The van der Waals surface area contributed by atoms with Crippen molar-refractivity contribution in [2.24, 2.45) is 5.41 Å². The molecule has 0 amide bonds. The van der Waals surface area contributed by atoms with Crippen LogP contribution in [0.4, 0.5) is 4.39 Å². The van der Waals surface area contributed by atoms with Crippen molar-refractivity contribution in [3.05, 3.63) is 108 Å². The molecule has 1 saturated heterocycles. The Hall–Kier alpha value is -2.49. The van der Waals surface area contributed by atoms with E-state index in [0.29, 0.717) is 6.04 Å². The summed E-state index contributed by atoms with van der Waals surface area (Å²) in [5.41, 5.74) is 3.55. The van der Waals surface area contributed by atoms with Gasteiger partial charge in [0, 0.05) is 37.6 Å². The molecule has 3 aromatic rings. The molecule has 2 atom stereocenters. The van der Waals surface area contributed by atoms with E-state index in [2.05, 4.69) is 95.6 Å². The quantitative estimate of drug-likeness (QED) is 0.415. The summed E-state index contributed by atoms with van der Waals surface area (Å²) in [6, 6.07) is 32.0. The lowest BCUT2D eigenvalue weighted by atomic mass is 9.87. The first-order chi connectivity index (χ1) is 15.2. The van der Waals surface area contributed by atoms with Gasteiger partial charge in [-0.15, -0.1) is 0 Å². The maximum Gasteiger partial charge on any atom is 0.0975 e. The predicted octanol–water partition coefficient (Wildman–Crippen LogP) is 6.11. The number of halogens is 1. The van der Waals surface area contributed by atoms with Crippen molar-refractivity contribution in [2.75, 3.05) is 26.3 Å². The second kappa shape index (κ2) is 10.2. The highest BCUT2D eigenvalue weighted by Gasteiger charge is 2.41. The van der Waals surface area contributed by atoms with Gasteiger partial charge in [0.05, 0.1) is 6.67 Å². The predicted molar refractivity (Wildman–Crippen MR) is 126 cm³/mol. The molecule has 31 heavy (non-hydrogen) atoms. The maximum atomic E-state index is 14.6. The molecule has 0 radical (unpaired) electrons. The molecule has 1 aliphatic rings. The van der Waals surface area contributed by atoms with Crippen LogP contribution in [0.5, 0.6) is 0 Å². The normalized spacial score (nSPS) is 20.2. The van der Waals surface area contributed by atoms with Crippen LogP contribution in [0.2, 0.25) is 0 Å². The molecule has 3 aromatic carbocycles. The lowest BCUT2D eigenvalue weighted by Crippen LogP contribution is -2.41. The highest BCUT2D eigenvalue weighted by atomic mass is 19.1. The molecule has 3 heteroatoms. The number of nitrogens with zero attached hydrogens (tertiary/aromatic N) is 2. The van der Waals surface area contributed by atoms with Crippen LogP contribution in [-0.4, -0.2) is 36.1 Å². The van der Waals surface area contributed by atoms with Crippen molar-refractivity contribution in [3.63, 3.8) is 0 Å². The topological polar surface area (TPSA) is 6.48 Å². The van der Waals surface area contributed by atoms with Crippen molar-refractivity contribution in [1.82, 2.24) is 9.80 Å². The first-order valence-corrected chi connectivity index (χ1v) is 11.3. The van der Waals surface area contributed by atoms with E-state index in [-0.39, 0.29) is 12.1 Å². The molecule has 0 bridgehead atoms. The molecule has 0 N–H and O–H groups in total. The van der Waals surface area contributed by atoms with Crippen molar-refractivity contribution in [3.8, 4) is 0 Å². The second-order valence-electron chi connectivity index (χ2n) is 9.06. The smallest absolute Gasteiger partial charge is 0.0975 e. The molecule has 0 aromatic heterocycles. The lowest BCUT2D eigenvalue weighted by Gasteiger charge is -2.35. The Morgan fingerprint density at radius 1 is 0.839 bits per heavy atom. The van der Waals surface area contributed by atoms with E-state index >= 15 is 0 Å². The van der Waals surface area contributed by atoms with Crippen LogP contribution in [0.15, 0.2) is 91.0 Å². The molecule has 1 fully saturated rings. The molecule has 162 valence electrons. The van der Waals surface area contributed by atoms with Gasteiger partial charge in [0.25, 0.3) is 0 Å². The Bertz CT molecular complexity index is 874. The molecular formula is C28H33FN2. The van der Waals surface area contributed by atoms with Gasteiger partial charge in [-0.25, -0.2) is 0 Å². The van der Waals surface area contributed by atoms with E-state index < -0.39 is 0 Å². The SMILES string of the molecule is C[C@@H](c1ccccc1)N1CC[C@](CF)(CN(Cc2ccccc2)Cc2ccccc2)C1. The van der Waals surface area contributed by atoms with Crippen molar-refractivity contribution in [2.45, 2.75) is 32.5 Å². The van der Waals surface area contributed by atoms with Crippen LogP contribution >= 0.6 is 0 Å². The molecule has 4 rings (SSSR count). The third-order valence-electron chi connectivity index (χ3n) is 6.64. The van der Waals surface area contributed by atoms with E-state index in [0.717, 1.165) is 39.1 Å². The fourth-order valence-electron chi connectivity index (χ4n) is 4.85. The number of hydrogen-bond acceptors (Lipinski definition) is 2. The highest BCUT2D eigenvalue weighted by molar-refractivity contribution is 5.20. The van der Waals surface area contributed by atoms with Gasteiger partial charge in [-0.05, 0) is 36.6 Å². The number of hydrogen-bond donors (Lipinski definition) is 0. The zero-order chi connectivity index (χ0) is 21.5. The number of alkyl halides is 1. The Kier molecular flexibility index (Phi) is 7.16. The van der Waals surface area contributed by atoms with E-state index in [1.54, 1.807) is 0 Å². The minimum absolute atomic E-state index is 0.273. The molecule has 1 heterocycles. The van der Waals surface area contributed by atoms with Gasteiger partial charge in [0.2, 0.25) is 0 Å². The molecule has 1 aliphatic heterocycles.